The van der Waals surface area contributed by atoms with E-state index in [1.807, 2.05) is 6.08 Å². The summed E-state index contributed by atoms with van der Waals surface area (Å²) >= 11 is 0. The number of hydrogen-bond donors (Lipinski definition) is 0. The van der Waals surface area contributed by atoms with Crippen LogP contribution in [0.25, 0.3) is 0 Å². The third-order valence-electron chi connectivity index (χ3n) is 1.35. The number of allylic oxidation sites excluding steroid dienone is 6. The van der Waals surface area contributed by atoms with Crippen LogP contribution < -0.4 is 0 Å². The van der Waals surface area contributed by atoms with Gasteiger partial charge in [0.1, 0.15) is 0 Å². The second-order valence-electron chi connectivity index (χ2n) is 2.31. The number of rotatable bonds is 5. The van der Waals surface area contributed by atoms with E-state index in [1.54, 1.807) is 6.08 Å². The van der Waals surface area contributed by atoms with Crippen molar-refractivity contribution in [2.24, 2.45) is 0 Å². The first kappa shape index (κ1) is 9.96. The molecule has 0 aromatic rings. The summed E-state index contributed by atoms with van der Waals surface area (Å²) in [5.74, 6) is 0. The Labute approximate surface area is 69.6 Å². The molecule has 0 aliphatic heterocycles. The molecule has 0 spiro atoms. The summed E-state index contributed by atoms with van der Waals surface area (Å²) < 4.78 is 0. The Balaban J connectivity index is 3.52. The fourth-order valence-electron chi connectivity index (χ4n) is 0.606. The van der Waals surface area contributed by atoms with Gasteiger partial charge in [0.25, 0.3) is 0 Å². The molecule has 0 unspecified atom stereocenters. The minimum atomic E-state index is 0.963. The van der Waals surface area contributed by atoms with Gasteiger partial charge in [-0.05, 0) is 12.8 Å². The molecule has 0 heteroatoms. The highest BCUT2D eigenvalue weighted by molar-refractivity contribution is 5.14. The molecule has 0 N–H and O–H groups in total. The monoisotopic (exact) mass is 148 g/mol. The van der Waals surface area contributed by atoms with E-state index in [0.717, 1.165) is 12.8 Å². The van der Waals surface area contributed by atoms with Crippen LogP contribution in [0.2, 0.25) is 0 Å². The van der Waals surface area contributed by atoms with Gasteiger partial charge in [0, 0.05) is 0 Å². The van der Waals surface area contributed by atoms with Crippen molar-refractivity contribution in [3.05, 3.63) is 49.1 Å². The lowest BCUT2D eigenvalue weighted by Crippen LogP contribution is -1.68. The average molecular weight is 148 g/mol. The lowest BCUT2D eigenvalue weighted by atomic mass is 10.2. The molecule has 0 rings (SSSR count). The van der Waals surface area contributed by atoms with Crippen LogP contribution in [-0.4, -0.2) is 0 Å². The maximum absolute atomic E-state index is 3.86. The van der Waals surface area contributed by atoms with Crippen molar-refractivity contribution in [1.29, 1.82) is 0 Å². The molecule has 0 aliphatic rings. The van der Waals surface area contributed by atoms with E-state index >= 15 is 0 Å². The van der Waals surface area contributed by atoms with E-state index in [1.165, 1.54) is 5.57 Å². The lowest BCUT2D eigenvalue weighted by Gasteiger charge is -1.88. The first-order valence-electron chi connectivity index (χ1n) is 3.93. The summed E-state index contributed by atoms with van der Waals surface area (Å²) in [4.78, 5) is 0. The van der Waals surface area contributed by atoms with E-state index in [-0.39, 0.29) is 0 Å². The molecular weight excluding hydrogens is 132 g/mol. The average Bonchev–Trinajstić information content (AvgIpc) is 2.04. The lowest BCUT2D eigenvalue weighted by molar-refractivity contribution is 1.15. The third-order valence-corrected chi connectivity index (χ3v) is 1.35. The van der Waals surface area contributed by atoms with E-state index in [0.29, 0.717) is 0 Å². The van der Waals surface area contributed by atoms with E-state index in [2.05, 4.69) is 38.3 Å². The Morgan fingerprint density at radius 3 is 2.64 bits per heavy atom. The van der Waals surface area contributed by atoms with Gasteiger partial charge in [-0.25, -0.2) is 0 Å². The summed E-state index contributed by atoms with van der Waals surface area (Å²) in [7, 11) is 0. The van der Waals surface area contributed by atoms with Crippen molar-refractivity contribution in [2.45, 2.75) is 19.8 Å². The third kappa shape index (κ3) is 6.85. The fourth-order valence-corrected chi connectivity index (χ4v) is 0.606. The maximum Gasteiger partial charge on any atom is -0.0163 e. The van der Waals surface area contributed by atoms with Crippen molar-refractivity contribution in [3.8, 4) is 0 Å². The van der Waals surface area contributed by atoms with E-state index in [9.17, 15) is 0 Å². The van der Waals surface area contributed by atoms with Crippen LogP contribution in [0.1, 0.15) is 19.8 Å². The van der Waals surface area contributed by atoms with Crippen LogP contribution in [0.15, 0.2) is 49.1 Å². The van der Waals surface area contributed by atoms with Crippen LogP contribution in [-0.2, 0) is 0 Å². The van der Waals surface area contributed by atoms with Crippen LogP contribution >= 0.6 is 0 Å². The molecule has 0 amide bonds. The molecule has 0 nitrogen and oxygen atoms in total. The molecule has 11 heavy (non-hydrogen) atoms. The molecule has 0 atom stereocenters. The highest BCUT2D eigenvalue weighted by Crippen LogP contribution is 1.99. The van der Waals surface area contributed by atoms with Gasteiger partial charge in [0.15, 0.2) is 0 Å². The van der Waals surface area contributed by atoms with E-state index < -0.39 is 0 Å². The summed E-state index contributed by atoms with van der Waals surface area (Å²) in [6, 6.07) is 0. The Morgan fingerprint density at radius 1 is 1.36 bits per heavy atom. The second kappa shape index (κ2) is 7.07. The molecular formula is C11H16. The van der Waals surface area contributed by atoms with Crippen molar-refractivity contribution in [1.82, 2.24) is 0 Å². The van der Waals surface area contributed by atoms with Crippen LogP contribution in [0, 0.1) is 0 Å². The second-order valence-corrected chi connectivity index (χ2v) is 2.31. The molecule has 0 radical (unpaired) electrons. The Morgan fingerprint density at radius 2 is 2.09 bits per heavy atom. The van der Waals surface area contributed by atoms with Crippen molar-refractivity contribution < 1.29 is 0 Å². The minimum absolute atomic E-state index is 0.963. The quantitative estimate of drug-likeness (QED) is 0.522. The largest absolute Gasteiger partial charge is 0.0991 e. The normalized spacial score (nSPS) is 11.0. The Bertz CT molecular complexity index is 170. The van der Waals surface area contributed by atoms with Crippen LogP contribution in [0.5, 0.6) is 0 Å². The minimum Gasteiger partial charge on any atom is -0.0991 e. The summed E-state index contributed by atoms with van der Waals surface area (Å²) in [6.45, 7) is 9.54. The molecule has 0 heterocycles. The zero-order valence-corrected chi connectivity index (χ0v) is 7.22. The van der Waals surface area contributed by atoms with Crippen molar-refractivity contribution in [3.63, 3.8) is 0 Å². The smallest absolute Gasteiger partial charge is 0.0163 e. The first-order valence-corrected chi connectivity index (χ1v) is 3.93. The summed E-state index contributed by atoms with van der Waals surface area (Å²) in [5.41, 5.74) is 1.18. The van der Waals surface area contributed by atoms with Gasteiger partial charge in [0.2, 0.25) is 0 Å². The Hall–Kier alpha value is -1.04. The first-order chi connectivity index (χ1) is 5.31. The molecule has 0 aromatic heterocycles. The van der Waals surface area contributed by atoms with Crippen molar-refractivity contribution in [2.75, 3.05) is 0 Å². The SMILES string of the molecule is C=CC=CCC=CC(=C)CC. The molecule has 60 valence electrons. The van der Waals surface area contributed by atoms with Crippen molar-refractivity contribution >= 4 is 0 Å². The molecule has 0 saturated heterocycles. The van der Waals surface area contributed by atoms with Gasteiger partial charge >= 0.3 is 0 Å². The van der Waals surface area contributed by atoms with Crippen LogP contribution in [0.4, 0.5) is 0 Å². The Kier molecular flexibility index (Phi) is 6.40. The van der Waals surface area contributed by atoms with Gasteiger partial charge in [-0.15, -0.1) is 0 Å². The predicted octanol–water partition coefficient (Wildman–Crippen LogP) is 3.64. The molecule has 0 bridgehead atoms. The highest BCUT2D eigenvalue weighted by Gasteiger charge is 1.78. The fraction of sp³-hybridized carbons (Fsp3) is 0.273. The molecule has 0 aliphatic carbocycles. The van der Waals surface area contributed by atoms with Gasteiger partial charge in [0.05, 0.1) is 0 Å². The number of hydrogen-bond acceptors (Lipinski definition) is 0. The predicted molar refractivity (Wildman–Crippen MR) is 52.5 cm³/mol. The zero-order valence-electron chi connectivity index (χ0n) is 7.22. The maximum atomic E-state index is 3.86. The van der Waals surface area contributed by atoms with Gasteiger partial charge in [-0.3, -0.25) is 0 Å². The zero-order chi connectivity index (χ0) is 8.53. The standard InChI is InChI=1S/C11H16/c1-4-6-7-8-9-10-11(3)5-2/h4,6-7,9-10H,1,3,5,8H2,2H3. The van der Waals surface area contributed by atoms with Gasteiger partial charge in [-0.1, -0.05) is 56.0 Å². The highest BCUT2D eigenvalue weighted by atomic mass is 13.8. The molecule has 0 saturated carbocycles. The van der Waals surface area contributed by atoms with Gasteiger partial charge < -0.3 is 0 Å². The van der Waals surface area contributed by atoms with Crippen LogP contribution in [0.3, 0.4) is 0 Å². The molecule has 0 aromatic carbocycles. The summed E-state index contributed by atoms with van der Waals surface area (Å²) in [5, 5.41) is 0. The van der Waals surface area contributed by atoms with Gasteiger partial charge in [-0.2, -0.15) is 0 Å². The summed E-state index contributed by atoms with van der Waals surface area (Å²) in [6.07, 6.45) is 11.9. The molecule has 0 fully saturated rings. The topological polar surface area (TPSA) is 0 Å². The van der Waals surface area contributed by atoms with E-state index in [4.69, 9.17) is 0 Å².